The fraction of sp³-hybridized carbons (Fsp3) is 0.348. The van der Waals surface area contributed by atoms with Gasteiger partial charge in [-0.1, -0.05) is 0 Å². The molecule has 2 aromatic rings. The molecule has 8 heteroatoms. The molecule has 0 saturated carbocycles. The first-order chi connectivity index (χ1) is 15.0. The lowest BCUT2D eigenvalue weighted by Crippen LogP contribution is -2.42. The van der Waals surface area contributed by atoms with E-state index in [0.717, 1.165) is 5.56 Å². The number of nitrogens with one attached hydrogen (secondary N) is 1. The van der Waals surface area contributed by atoms with E-state index < -0.39 is 0 Å². The average molecular weight is 425 g/mol. The smallest absolute Gasteiger partial charge is 0.253 e. The Hall–Kier alpha value is -3.55. The van der Waals surface area contributed by atoms with Crippen LogP contribution in [0.1, 0.15) is 28.8 Å². The number of piperidine rings is 1. The van der Waals surface area contributed by atoms with E-state index in [4.69, 9.17) is 14.2 Å². The molecule has 1 fully saturated rings. The number of hydrogen-bond acceptors (Lipinski definition) is 6. The van der Waals surface area contributed by atoms with Crippen molar-refractivity contribution < 1.29 is 23.8 Å². The van der Waals surface area contributed by atoms with Crippen molar-refractivity contribution in [2.45, 2.75) is 12.8 Å². The molecule has 1 heterocycles. The fourth-order valence-corrected chi connectivity index (χ4v) is 3.44. The van der Waals surface area contributed by atoms with Gasteiger partial charge in [0.25, 0.3) is 5.91 Å². The van der Waals surface area contributed by atoms with Crippen molar-refractivity contribution in [1.29, 1.82) is 0 Å². The number of benzene rings is 2. The molecule has 1 N–H and O–H groups in total. The zero-order valence-corrected chi connectivity index (χ0v) is 18.0. The van der Waals surface area contributed by atoms with Crippen LogP contribution in [0.15, 0.2) is 47.6 Å². The van der Waals surface area contributed by atoms with Gasteiger partial charge < -0.3 is 19.1 Å². The molecule has 2 amide bonds. The van der Waals surface area contributed by atoms with Crippen LogP contribution in [0.5, 0.6) is 17.2 Å². The van der Waals surface area contributed by atoms with E-state index in [-0.39, 0.29) is 17.7 Å². The molecule has 0 spiro atoms. The number of carbonyl (C=O) groups excluding carboxylic acids is 2. The van der Waals surface area contributed by atoms with E-state index in [2.05, 4.69) is 10.5 Å². The van der Waals surface area contributed by atoms with Gasteiger partial charge in [-0.2, -0.15) is 5.10 Å². The number of hydrazone groups is 1. The molecular weight excluding hydrogens is 398 g/mol. The van der Waals surface area contributed by atoms with Crippen LogP contribution in [0.25, 0.3) is 0 Å². The molecule has 0 aliphatic carbocycles. The summed E-state index contributed by atoms with van der Waals surface area (Å²) in [6.45, 7) is 1.05. The quantitative estimate of drug-likeness (QED) is 0.544. The predicted molar refractivity (Wildman–Crippen MR) is 117 cm³/mol. The number of methoxy groups -OCH3 is 3. The lowest BCUT2D eigenvalue weighted by molar-refractivity contribution is -0.126. The normalized spacial score (nSPS) is 14.4. The largest absolute Gasteiger partial charge is 0.497 e. The Kier molecular flexibility index (Phi) is 7.48. The van der Waals surface area contributed by atoms with Crippen molar-refractivity contribution in [2.24, 2.45) is 11.0 Å². The van der Waals surface area contributed by atoms with Crippen LogP contribution in [0.3, 0.4) is 0 Å². The topological polar surface area (TPSA) is 89.5 Å². The molecule has 1 aliphatic rings. The Morgan fingerprint density at radius 3 is 2.23 bits per heavy atom. The zero-order chi connectivity index (χ0) is 22.2. The van der Waals surface area contributed by atoms with Gasteiger partial charge in [0.2, 0.25) is 5.91 Å². The minimum Gasteiger partial charge on any atom is -0.497 e. The highest BCUT2D eigenvalue weighted by Gasteiger charge is 2.27. The minimum atomic E-state index is -0.185. The summed E-state index contributed by atoms with van der Waals surface area (Å²) in [7, 11) is 4.73. The number of carbonyl (C=O) groups is 2. The summed E-state index contributed by atoms with van der Waals surface area (Å²) in [4.78, 5) is 26.9. The lowest BCUT2D eigenvalue weighted by Gasteiger charge is -2.31. The number of ether oxygens (including phenoxy) is 3. The highest BCUT2D eigenvalue weighted by atomic mass is 16.5. The van der Waals surface area contributed by atoms with Crippen molar-refractivity contribution >= 4 is 18.0 Å². The molecule has 164 valence electrons. The molecule has 31 heavy (non-hydrogen) atoms. The third kappa shape index (κ3) is 5.53. The Morgan fingerprint density at radius 1 is 0.968 bits per heavy atom. The van der Waals surface area contributed by atoms with Gasteiger partial charge in [-0.05, 0) is 49.2 Å². The van der Waals surface area contributed by atoms with E-state index in [9.17, 15) is 9.59 Å². The van der Waals surface area contributed by atoms with Gasteiger partial charge in [-0.25, -0.2) is 5.43 Å². The first-order valence-corrected chi connectivity index (χ1v) is 10.0. The van der Waals surface area contributed by atoms with E-state index in [1.165, 1.54) is 0 Å². The van der Waals surface area contributed by atoms with Gasteiger partial charge in [-0.15, -0.1) is 0 Å². The summed E-state index contributed by atoms with van der Waals surface area (Å²) in [5.41, 5.74) is 3.93. The molecule has 1 saturated heterocycles. The van der Waals surface area contributed by atoms with Crippen molar-refractivity contribution in [3.8, 4) is 17.2 Å². The molecule has 0 radical (unpaired) electrons. The van der Waals surface area contributed by atoms with Crippen LogP contribution >= 0.6 is 0 Å². The predicted octanol–water partition coefficient (Wildman–Crippen LogP) is 2.71. The molecule has 0 unspecified atom stereocenters. The zero-order valence-electron chi connectivity index (χ0n) is 18.0. The average Bonchev–Trinajstić information content (AvgIpc) is 2.83. The van der Waals surface area contributed by atoms with Crippen molar-refractivity contribution in [3.05, 3.63) is 53.6 Å². The van der Waals surface area contributed by atoms with Crippen molar-refractivity contribution in [2.75, 3.05) is 34.4 Å². The Bertz CT molecular complexity index is 935. The van der Waals surface area contributed by atoms with Crippen molar-refractivity contribution in [3.63, 3.8) is 0 Å². The molecule has 0 bridgehead atoms. The van der Waals surface area contributed by atoms with Gasteiger partial charge >= 0.3 is 0 Å². The van der Waals surface area contributed by atoms with E-state index >= 15 is 0 Å². The maximum Gasteiger partial charge on any atom is 0.253 e. The summed E-state index contributed by atoms with van der Waals surface area (Å²) >= 11 is 0. The second-order valence-electron chi connectivity index (χ2n) is 7.14. The van der Waals surface area contributed by atoms with Gasteiger partial charge in [0, 0.05) is 36.2 Å². The van der Waals surface area contributed by atoms with Crippen LogP contribution in [0.2, 0.25) is 0 Å². The summed E-state index contributed by atoms with van der Waals surface area (Å²) in [5, 5.41) is 4.06. The third-order valence-corrected chi connectivity index (χ3v) is 5.31. The Balaban J connectivity index is 1.51. The van der Waals surface area contributed by atoms with Crippen LogP contribution in [-0.4, -0.2) is 57.3 Å². The molecule has 0 atom stereocenters. The Morgan fingerprint density at radius 2 is 1.61 bits per heavy atom. The molecule has 1 aliphatic heterocycles. The molecular formula is C23H27N3O5. The van der Waals surface area contributed by atoms with Crippen LogP contribution in [0.4, 0.5) is 0 Å². The number of hydrogen-bond donors (Lipinski definition) is 1. The minimum absolute atomic E-state index is 0.0360. The monoisotopic (exact) mass is 425 g/mol. The number of rotatable bonds is 7. The number of amides is 2. The maximum absolute atomic E-state index is 12.7. The van der Waals surface area contributed by atoms with Crippen LogP contribution in [-0.2, 0) is 4.79 Å². The second kappa shape index (κ2) is 10.5. The first-order valence-electron chi connectivity index (χ1n) is 10.0. The van der Waals surface area contributed by atoms with Gasteiger partial charge in [0.1, 0.15) is 17.2 Å². The summed E-state index contributed by atoms with van der Waals surface area (Å²) < 4.78 is 15.6. The maximum atomic E-state index is 12.7. The fourth-order valence-electron chi connectivity index (χ4n) is 3.44. The molecule has 8 nitrogen and oxygen atoms in total. The van der Waals surface area contributed by atoms with Gasteiger partial charge in [-0.3, -0.25) is 9.59 Å². The number of likely N-dealkylation sites (tertiary alicyclic amines) is 1. The standard InChI is InChI=1S/C23H27N3O5/c1-29-19-7-4-17(5-8-19)23(28)26-12-10-16(11-13-26)22(27)25-24-15-18-6-9-20(30-2)14-21(18)31-3/h4-9,14-16H,10-13H2,1-3H3,(H,25,27)/b24-15-. The molecule has 3 rings (SSSR count). The van der Waals surface area contributed by atoms with E-state index in [1.54, 1.807) is 74.9 Å². The SMILES string of the molecule is COc1ccc(C(=O)N2CCC(C(=O)N/N=C\c3ccc(OC)cc3OC)CC2)cc1. The van der Waals surface area contributed by atoms with Crippen LogP contribution < -0.4 is 19.6 Å². The Labute approximate surface area is 181 Å². The summed E-state index contributed by atoms with van der Waals surface area (Å²) in [6.07, 6.45) is 2.72. The summed E-state index contributed by atoms with van der Waals surface area (Å²) in [6, 6.07) is 12.4. The first kappa shape index (κ1) is 22.1. The third-order valence-electron chi connectivity index (χ3n) is 5.31. The lowest BCUT2D eigenvalue weighted by atomic mass is 9.95. The van der Waals surface area contributed by atoms with Gasteiger partial charge in [0.15, 0.2) is 0 Å². The highest BCUT2D eigenvalue weighted by molar-refractivity contribution is 5.94. The molecule has 0 aromatic heterocycles. The van der Waals surface area contributed by atoms with Crippen LogP contribution in [0, 0.1) is 5.92 Å². The molecule has 2 aromatic carbocycles. The summed E-state index contributed by atoms with van der Waals surface area (Å²) in [5.74, 6) is 1.61. The second-order valence-corrected chi connectivity index (χ2v) is 7.14. The van der Waals surface area contributed by atoms with Crippen molar-refractivity contribution in [1.82, 2.24) is 10.3 Å². The number of nitrogens with zero attached hydrogens (tertiary/aromatic N) is 2. The van der Waals surface area contributed by atoms with E-state index in [1.807, 2.05) is 0 Å². The highest BCUT2D eigenvalue weighted by Crippen LogP contribution is 2.23. The van der Waals surface area contributed by atoms with E-state index in [0.29, 0.717) is 48.7 Å². The van der Waals surface area contributed by atoms with Gasteiger partial charge in [0.05, 0.1) is 27.5 Å².